The zero-order valence-electron chi connectivity index (χ0n) is 20.2. The van der Waals surface area contributed by atoms with Crippen molar-refractivity contribution < 1.29 is 24.6 Å². The largest absolute Gasteiger partial charge is 0.508 e. The number of rotatable bonds is 8. The van der Waals surface area contributed by atoms with Crippen molar-refractivity contribution in [1.29, 1.82) is 0 Å². The first-order chi connectivity index (χ1) is 18.5. The number of carboxylic acids is 1. The highest BCUT2D eigenvalue weighted by molar-refractivity contribution is 9.10. The van der Waals surface area contributed by atoms with E-state index in [1.165, 1.54) is 35.1 Å². The molecule has 0 fully saturated rings. The van der Waals surface area contributed by atoms with Gasteiger partial charge in [-0.3, -0.25) is 9.59 Å². The van der Waals surface area contributed by atoms with Crippen LogP contribution in [0.25, 0.3) is 5.82 Å². The number of benzene rings is 2. The number of hydrogen-bond donors (Lipinski definition) is 4. The van der Waals surface area contributed by atoms with Gasteiger partial charge in [0.2, 0.25) is 0 Å². The summed E-state index contributed by atoms with van der Waals surface area (Å²) in [4.78, 5) is 42.8. The van der Waals surface area contributed by atoms with E-state index in [2.05, 4.69) is 36.6 Å². The number of aromatic nitrogens is 3. The number of amides is 2. The second-order valence-corrected chi connectivity index (χ2v) is 10.1. The summed E-state index contributed by atoms with van der Waals surface area (Å²) in [7, 11) is 0. The predicted octanol–water partition coefficient (Wildman–Crippen LogP) is 5.03. The molecule has 13 heteroatoms. The average molecular weight is 633 g/mol. The van der Waals surface area contributed by atoms with Gasteiger partial charge in [-0.15, -0.1) is 0 Å². The lowest BCUT2D eigenvalue weighted by molar-refractivity contribution is -0.139. The summed E-state index contributed by atoms with van der Waals surface area (Å²) in [6.45, 7) is 1.65. The molecule has 4 rings (SSSR count). The van der Waals surface area contributed by atoms with Gasteiger partial charge in [-0.05, 0) is 70.4 Å². The van der Waals surface area contributed by atoms with Crippen molar-refractivity contribution in [2.45, 2.75) is 19.4 Å². The van der Waals surface area contributed by atoms with E-state index in [0.29, 0.717) is 15.7 Å². The molecule has 0 bridgehead atoms. The SMILES string of the molecule is Cc1cc(Cl)cc(C(=O)N[C@@H](Cc2ccc(O)cc2)C(=O)O)c1NC(=O)c1cc(Br)nn1-c1ncccc1Cl. The molecule has 0 radical (unpaired) electrons. The highest BCUT2D eigenvalue weighted by Gasteiger charge is 2.26. The molecule has 1 atom stereocenters. The zero-order valence-corrected chi connectivity index (χ0v) is 23.3. The Bertz CT molecular complexity index is 1580. The molecule has 39 heavy (non-hydrogen) atoms. The second kappa shape index (κ2) is 11.9. The number of nitrogens with one attached hydrogen (secondary N) is 2. The smallest absolute Gasteiger partial charge is 0.326 e. The van der Waals surface area contributed by atoms with Crippen LogP contribution in [0.3, 0.4) is 0 Å². The van der Waals surface area contributed by atoms with E-state index in [4.69, 9.17) is 23.2 Å². The first-order valence-corrected chi connectivity index (χ1v) is 12.9. The quantitative estimate of drug-likeness (QED) is 0.213. The Morgan fingerprint density at radius 3 is 2.46 bits per heavy atom. The van der Waals surface area contributed by atoms with Gasteiger partial charge in [0, 0.05) is 23.7 Å². The Labute approximate surface area is 240 Å². The third kappa shape index (κ3) is 6.56. The Hall–Kier alpha value is -3.93. The first-order valence-electron chi connectivity index (χ1n) is 11.3. The third-order valence-electron chi connectivity index (χ3n) is 5.61. The number of hydrogen-bond acceptors (Lipinski definition) is 6. The Balaban J connectivity index is 1.64. The zero-order chi connectivity index (χ0) is 28.3. The van der Waals surface area contributed by atoms with Gasteiger partial charge < -0.3 is 20.8 Å². The Morgan fingerprint density at radius 2 is 1.79 bits per heavy atom. The fourth-order valence-corrected chi connectivity index (χ4v) is 4.63. The molecule has 0 aliphatic rings. The predicted molar refractivity (Wildman–Crippen MR) is 149 cm³/mol. The standard InChI is InChI=1S/C26H20BrCl2N5O5/c1-13-9-15(28)11-17(24(36)31-19(26(38)39)10-14-4-6-16(35)7-5-14)22(13)32-25(37)20-12-21(27)33-34(20)23-18(29)3-2-8-30-23/h2-9,11-12,19,35H,10H2,1H3,(H,31,36)(H,32,37)(H,38,39)/t19-/m0/s1. The van der Waals surface area contributed by atoms with Gasteiger partial charge in [-0.2, -0.15) is 5.10 Å². The topological polar surface area (TPSA) is 146 Å². The van der Waals surface area contributed by atoms with Crippen molar-refractivity contribution in [2.75, 3.05) is 5.32 Å². The monoisotopic (exact) mass is 631 g/mol. The summed E-state index contributed by atoms with van der Waals surface area (Å²) in [6, 6.07) is 12.3. The molecular formula is C26H20BrCl2N5O5. The summed E-state index contributed by atoms with van der Waals surface area (Å²) in [6.07, 6.45) is 1.46. The number of carboxylic acid groups (broad SMARTS) is 1. The number of halogens is 3. The molecule has 2 heterocycles. The normalized spacial score (nSPS) is 11.6. The minimum Gasteiger partial charge on any atom is -0.508 e. The van der Waals surface area contributed by atoms with Crippen molar-refractivity contribution in [3.63, 3.8) is 0 Å². The van der Waals surface area contributed by atoms with E-state index in [9.17, 15) is 24.6 Å². The van der Waals surface area contributed by atoms with Crippen LogP contribution in [-0.2, 0) is 11.2 Å². The Morgan fingerprint density at radius 1 is 1.08 bits per heavy atom. The van der Waals surface area contributed by atoms with E-state index >= 15 is 0 Å². The minimum absolute atomic E-state index is 0.0307. The van der Waals surface area contributed by atoms with E-state index in [-0.39, 0.29) is 45.0 Å². The molecule has 200 valence electrons. The van der Waals surface area contributed by atoms with Crippen LogP contribution in [0.4, 0.5) is 5.69 Å². The van der Waals surface area contributed by atoms with Crippen LogP contribution in [0, 0.1) is 6.92 Å². The summed E-state index contributed by atoms with van der Waals surface area (Å²) < 4.78 is 1.60. The van der Waals surface area contributed by atoms with Crippen LogP contribution in [0.5, 0.6) is 5.75 Å². The molecule has 4 aromatic rings. The van der Waals surface area contributed by atoms with Crippen LogP contribution in [0.15, 0.2) is 65.4 Å². The van der Waals surface area contributed by atoms with E-state index in [1.807, 2.05) is 0 Å². The molecule has 0 saturated carbocycles. The van der Waals surface area contributed by atoms with Gasteiger partial charge in [0.05, 0.1) is 16.3 Å². The number of nitrogens with zero attached hydrogens (tertiary/aromatic N) is 3. The van der Waals surface area contributed by atoms with E-state index in [1.54, 1.807) is 37.3 Å². The number of aromatic hydroxyl groups is 1. The van der Waals surface area contributed by atoms with E-state index < -0.39 is 23.8 Å². The Kier molecular flexibility index (Phi) is 8.54. The van der Waals surface area contributed by atoms with Crippen molar-refractivity contribution in [1.82, 2.24) is 20.1 Å². The maximum absolute atomic E-state index is 13.4. The maximum atomic E-state index is 13.4. The molecule has 2 aromatic heterocycles. The van der Waals surface area contributed by atoms with Crippen molar-refractivity contribution in [3.05, 3.63) is 97.8 Å². The van der Waals surface area contributed by atoms with Gasteiger partial charge in [0.1, 0.15) is 22.1 Å². The van der Waals surface area contributed by atoms with Crippen molar-refractivity contribution in [2.24, 2.45) is 0 Å². The van der Waals surface area contributed by atoms with E-state index in [0.717, 1.165) is 0 Å². The van der Waals surface area contributed by atoms with Gasteiger partial charge in [0.15, 0.2) is 5.82 Å². The number of aliphatic carboxylic acids is 1. The van der Waals surface area contributed by atoms with Crippen molar-refractivity contribution >= 4 is 62.6 Å². The van der Waals surface area contributed by atoms with Crippen LogP contribution in [-0.4, -0.2) is 48.8 Å². The fourth-order valence-electron chi connectivity index (χ4n) is 3.78. The fraction of sp³-hybridized carbons (Fsp3) is 0.115. The van der Waals surface area contributed by atoms with Crippen LogP contribution in [0.1, 0.15) is 32.0 Å². The van der Waals surface area contributed by atoms with Gasteiger partial charge >= 0.3 is 5.97 Å². The van der Waals surface area contributed by atoms with Crippen LogP contribution < -0.4 is 10.6 Å². The number of phenols is 1. The maximum Gasteiger partial charge on any atom is 0.326 e. The molecule has 0 saturated heterocycles. The molecule has 0 spiro atoms. The number of carbonyl (C=O) groups is 3. The lowest BCUT2D eigenvalue weighted by atomic mass is 10.0. The lowest BCUT2D eigenvalue weighted by Crippen LogP contribution is -2.42. The van der Waals surface area contributed by atoms with Crippen molar-refractivity contribution in [3.8, 4) is 11.6 Å². The highest BCUT2D eigenvalue weighted by Crippen LogP contribution is 2.28. The number of anilines is 1. The summed E-state index contributed by atoms with van der Waals surface area (Å²) in [5.41, 5.74) is 1.22. The number of phenolic OH excluding ortho intramolecular Hbond substituents is 1. The molecule has 0 aliphatic heterocycles. The lowest BCUT2D eigenvalue weighted by Gasteiger charge is -2.18. The summed E-state index contributed by atoms with van der Waals surface area (Å²) in [5.74, 6) is -2.40. The van der Waals surface area contributed by atoms with Gasteiger partial charge in [-0.25, -0.2) is 14.5 Å². The number of pyridine rings is 1. The molecule has 10 nitrogen and oxygen atoms in total. The number of aryl methyl sites for hydroxylation is 1. The molecule has 4 N–H and O–H groups in total. The average Bonchev–Trinajstić information content (AvgIpc) is 3.27. The third-order valence-corrected chi connectivity index (χ3v) is 6.52. The first kappa shape index (κ1) is 28.1. The molecule has 0 aliphatic carbocycles. The van der Waals surface area contributed by atoms with Crippen LogP contribution in [0.2, 0.25) is 10.0 Å². The number of carbonyl (C=O) groups excluding carboxylic acids is 2. The second-order valence-electron chi connectivity index (χ2n) is 8.41. The van der Waals surface area contributed by atoms with Crippen LogP contribution >= 0.6 is 39.1 Å². The minimum atomic E-state index is -1.30. The molecule has 0 unspecified atom stereocenters. The van der Waals surface area contributed by atoms with Gasteiger partial charge in [0.25, 0.3) is 11.8 Å². The summed E-state index contributed by atoms with van der Waals surface area (Å²) >= 11 is 15.7. The molecule has 2 aromatic carbocycles. The summed E-state index contributed by atoms with van der Waals surface area (Å²) in [5, 5.41) is 29.1. The molecule has 2 amide bonds. The van der Waals surface area contributed by atoms with Gasteiger partial charge in [-0.1, -0.05) is 35.3 Å². The highest BCUT2D eigenvalue weighted by atomic mass is 79.9. The molecular weight excluding hydrogens is 613 g/mol.